The summed E-state index contributed by atoms with van der Waals surface area (Å²) in [6.07, 6.45) is 0.317. The number of halogens is 1. The second kappa shape index (κ2) is 7.38. The zero-order valence-electron chi connectivity index (χ0n) is 10.5. The van der Waals surface area contributed by atoms with Crippen LogP contribution in [0.4, 0.5) is 0 Å². The lowest BCUT2D eigenvalue weighted by atomic mass is 10.1. The Morgan fingerprint density at radius 1 is 1.50 bits per heavy atom. The summed E-state index contributed by atoms with van der Waals surface area (Å²) in [5.41, 5.74) is 0.724. The van der Waals surface area contributed by atoms with Crippen LogP contribution >= 0.6 is 15.9 Å². The summed E-state index contributed by atoms with van der Waals surface area (Å²) in [5, 5.41) is 9.64. The summed E-state index contributed by atoms with van der Waals surface area (Å²) in [6.45, 7) is 2.10. The Kier molecular flexibility index (Phi) is 6.15. The summed E-state index contributed by atoms with van der Waals surface area (Å²) in [4.78, 5) is 10.9. The molecule has 1 aromatic carbocycles. The van der Waals surface area contributed by atoms with E-state index < -0.39 is 6.10 Å². The van der Waals surface area contributed by atoms with Crippen LogP contribution in [-0.4, -0.2) is 24.8 Å². The van der Waals surface area contributed by atoms with Crippen molar-refractivity contribution < 1.29 is 19.4 Å². The molecule has 0 bridgehead atoms. The van der Waals surface area contributed by atoms with Gasteiger partial charge in [0.1, 0.15) is 5.75 Å². The number of aliphatic hydroxyl groups excluding tert-OH is 1. The van der Waals surface area contributed by atoms with Crippen molar-refractivity contribution >= 4 is 21.9 Å². The molecule has 1 rings (SSSR count). The molecule has 4 nitrogen and oxygen atoms in total. The number of rotatable bonds is 6. The van der Waals surface area contributed by atoms with Gasteiger partial charge < -0.3 is 14.6 Å². The molecule has 0 radical (unpaired) electrons. The molecule has 0 saturated carbocycles. The summed E-state index contributed by atoms with van der Waals surface area (Å²) >= 11 is 3.35. The summed E-state index contributed by atoms with van der Waals surface area (Å²) in [6, 6.07) is 5.46. The van der Waals surface area contributed by atoms with Crippen molar-refractivity contribution in [3.05, 3.63) is 28.2 Å². The molecule has 0 unspecified atom stereocenters. The molecule has 0 aromatic heterocycles. The average molecular weight is 317 g/mol. The van der Waals surface area contributed by atoms with Gasteiger partial charge in [-0.3, -0.25) is 4.79 Å². The Bertz CT molecular complexity index is 404. The molecule has 1 N–H and O–H groups in total. The van der Waals surface area contributed by atoms with Crippen LogP contribution in [0.5, 0.6) is 5.75 Å². The van der Waals surface area contributed by atoms with Gasteiger partial charge in [-0.15, -0.1) is 0 Å². The van der Waals surface area contributed by atoms with Crippen molar-refractivity contribution in [2.24, 2.45) is 0 Å². The van der Waals surface area contributed by atoms with Crippen molar-refractivity contribution in [3.8, 4) is 5.75 Å². The molecule has 0 aliphatic heterocycles. The van der Waals surface area contributed by atoms with E-state index in [0.717, 1.165) is 10.0 Å². The molecule has 0 fully saturated rings. The predicted molar refractivity (Wildman–Crippen MR) is 71.5 cm³/mol. The van der Waals surface area contributed by atoms with Gasteiger partial charge in [-0.25, -0.2) is 0 Å². The Morgan fingerprint density at radius 3 is 2.83 bits per heavy atom. The molecule has 1 atom stereocenters. The number of aliphatic hydroxyl groups is 1. The summed E-state index contributed by atoms with van der Waals surface area (Å²) in [5.74, 6) is 0.392. The summed E-state index contributed by atoms with van der Waals surface area (Å²) < 4.78 is 11.0. The van der Waals surface area contributed by atoms with E-state index in [1.165, 1.54) is 7.11 Å². The molecule has 0 spiro atoms. The molecular weight excluding hydrogens is 300 g/mol. The van der Waals surface area contributed by atoms with Gasteiger partial charge >= 0.3 is 5.97 Å². The SMILES string of the molecule is COC(=O)CCCOc1ccc(Br)cc1[C@@H](C)O. The van der Waals surface area contributed by atoms with Gasteiger partial charge in [-0.1, -0.05) is 15.9 Å². The lowest BCUT2D eigenvalue weighted by molar-refractivity contribution is -0.140. The molecule has 0 heterocycles. The van der Waals surface area contributed by atoms with E-state index >= 15 is 0 Å². The van der Waals surface area contributed by atoms with Gasteiger partial charge in [0.2, 0.25) is 0 Å². The molecule has 0 amide bonds. The van der Waals surface area contributed by atoms with Crippen LogP contribution in [0.15, 0.2) is 22.7 Å². The van der Waals surface area contributed by atoms with Gasteiger partial charge in [0, 0.05) is 16.5 Å². The highest BCUT2D eigenvalue weighted by molar-refractivity contribution is 9.10. The van der Waals surface area contributed by atoms with E-state index in [1.807, 2.05) is 12.1 Å². The first-order valence-corrected chi connectivity index (χ1v) is 6.51. The van der Waals surface area contributed by atoms with Gasteiger partial charge in [0.15, 0.2) is 0 Å². The Labute approximate surface area is 115 Å². The van der Waals surface area contributed by atoms with E-state index in [9.17, 15) is 9.90 Å². The highest BCUT2D eigenvalue weighted by atomic mass is 79.9. The number of carbonyl (C=O) groups excluding carboxylic acids is 1. The minimum atomic E-state index is -0.599. The molecule has 100 valence electrons. The van der Waals surface area contributed by atoms with E-state index in [1.54, 1.807) is 13.0 Å². The second-order valence-electron chi connectivity index (χ2n) is 3.89. The minimum Gasteiger partial charge on any atom is -0.493 e. The highest BCUT2D eigenvalue weighted by Crippen LogP contribution is 2.28. The fourth-order valence-electron chi connectivity index (χ4n) is 1.48. The largest absolute Gasteiger partial charge is 0.493 e. The smallest absolute Gasteiger partial charge is 0.305 e. The molecule has 18 heavy (non-hydrogen) atoms. The van der Waals surface area contributed by atoms with Crippen LogP contribution in [0.3, 0.4) is 0 Å². The maximum Gasteiger partial charge on any atom is 0.305 e. The maximum absolute atomic E-state index is 10.9. The van der Waals surface area contributed by atoms with Crippen molar-refractivity contribution in [1.82, 2.24) is 0 Å². The maximum atomic E-state index is 10.9. The minimum absolute atomic E-state index is 0.245. The van der Waals surface area contributed by atoms with Crippen LogP contribution < -0.4 is 4.74 Å². The fourth-order valence-corrected chi connectivity index (χ4v) is 1.86. The fraction of sp³-hybridized carbons (Fsp3) is 0.462. The van der Waals surface area contributed by atoms with Crippen LogP contribution in [0.2, 0.25) is 0 Å². The van der Waals surface area contributed by atoms with Gasteiger partial charge in [-0.05, 0) is 31.5 Å². The van der Waals surface area contributed by atoms with Crippen LogP contribution in [0.25, 0.3) is 0 Å². The third kappa shape index (κ3) is 4.66. The Hall–Kier alpha value is -1.07. The highest BCUT2D eigenvalue weighted by Gasteiger charge is 2.10. The van der Waals surface area contributed by atoms with Crippen LogP contribution in [0, 0.1) is 0 Å². The van der Waals surface area contributed by atoms with Gasteiger partial charge in [0.25, 0.3) is 0 Å². The van der Waals surface area contributed by atoms with E-state index in [-0.39, 0.29) is 5.97 Å². The van der Waals surface area contributed by atoms with E-state index in [2.05, 4.69) is 20.7 Å². The Morgan fingerprint density at radius 2 is 2.22 bits per heavy atom. The molecule has 0 aliphatic carbocycles. The monoisotopic (exact) mass is 316 g/mol. The normalized spacial score (nSPS) is 12.0. The zero-order chi connectivity index (χ0) is 13.5. The molecule has 0 aliphatic rings. The first kappa shape index (κ1) is 15.0. The lowest BCUT2D eigenvalue weighted by Gasteiger charge is -2.13. The van der Waals surface area contributed by atoms with Crippen LogP contribution in [-0.2, 0) is 9.53 Å². The zero-order valence-corrected chi connectivity index (χ0v) is 12.1. The standard InChI is InChI=1S/C13H17BrO4/c1-9(15)11-8-10(14)5-6-12(11)18-7-3-4-13(16)17-2/h5-6,8-9,15H,3-4,7H2,1-2H3/t9-/m1/s1. The van der Waals surface area contributed by atoms with Crippen LogP contribution in [0.1, 0.15) is 31.4 Å². The van der Waals surface area contributed by atoms with Crippen molar-refractivity contribution in [2.75, 3.05) is 13.7 Å². The first-order chi connectivity index (χ1) is 8.54. The van der Waals surface area contributed by atoms with Crippen molar-refractivity contribution in [1.29, 1.82) is 0 Å². The molecule has 1 aromatic rings. The van der Waals surface area contributed by atoms with E-state index in [4.69, 9.17) is 4.74 Å². The van der Waals surface area contributed by atoms with Crippen molar-refractivity contribution in [3.63, 3.8) is 0 Å². The number of benzene rings is 1. The third-order valence-electron chi connectivity index (χ3n) is 2.43. The number of ether oxygens (including phenoxy) is 2. The number of hydrogen-bond donors (Lipinski definition) is 1. The number of carbonyl (C=O) groups is 1. The molecular formula is C13H17BrO4. The van der Waals surface area contributed by atoms with Gasteiger partial charge in [0.05, 0.1) is 19.8 Å². The lowest BCUT2D eigenvalue weighted by Crippen LogP contribution is -2.06. The van der Waals surface area contributed by atoms with E-state index in [0.29, 0.717) is 25.2 Å². The first-order valence-electron chi connectivity index (χ1n) is 5.71. The van der Waals surface area contributed by atoms with Crippen molar-refractivity contribution in [2.45, 2.75) is 25.9 Å². The number of esters is 1. The molecule has 0 saturated heterocycles. The topological polar surface area (TPSA) is 55.8 Å². The predicted octanol–water partition coefficient (Wildman–Crippen LogP) is 2.83. The number of methoxy groups -OCH3 is 1. The van der Waals surface area contributed by atoms with Gasteiger partial charge in [-0.2, -0.15) is 0 Å². The average Bonchev–Trinajstić information content (AvgIpc) is 2.35. The quantitative estimate of drug-likeness (QED) is 0.647. The second-order valence-corrected chi connectivity index (χ2v) is 4.80. The third-order valence-corrected chi connectivity index (χ3v) is 2.93. The Balaban J connectivity index is 2.54. The number of hydrogen-bond acceptors (Lipinski definition) is 4. The molecule has 5 heteroatoms. The summed E-state index contributed by atoms with van der Waals surface area (Å²) in [7, 11) is 1.36.